The topological polar surface area (TPSA) is 107 Å². The van der Waals surface area contributed by atoms with E-state index in [1.165, 1.54) is 12.1 Å². The summed E-state index contributed by atoms with van der Waals surface area (Å²) < 4.78 is 12.9. The molecular weight excluding hydrogens is 339 g/mol. The Bertz CT molecular complexity index is 805. The van der Waals surface area contributed by atoms with Gasteiger partial charge in [-0.3, -0.25) is 4.79 Å². The third kappa shape index (κ3) is 3.75. The number of aromatic hydroxyl groups is 2. The maximum absolute atomic E-state index is 12.9. The van der Waals surface area contributed by atoms with Crippen LogP contribution in [0.1, 0.15) is 48.1 Å². The van der Waals surface area contributed by atoms with E-state index in [9.17, 15) is 19.4 Å². The van der Waals surface area contributed by atoms with Crippen LogP contribution in [0.15, 0.2) is 24.3 Å². The van der Waals surface area contributed by atoms with Crippen LogP contribution in [0.3, 0.4) is 0 Å². The Morgan fingerprint density at radius 1 is 1.27 bits per heavy atom. The normalized spacial score (nSPS) is 19.9. The van der Waals surface area contributed by atoms with Crippen molar-refractivity contribution in [3.63, 3.8) is 0 Å². The molecule has 4 N–H and O–H groups in total. The zero-order valence-corrected chi connectivity index (χ0v) is 14.4. The number of nitrogens with zero attached hydrogens (tertiary/aromatic N) is 2. The van der Waals surface area contributed by atoms with Crippen molar-refractivity contribution in [3.8, 4) is 11.6 Å². The second kappa shape index (κ2) is 7.25. The highest BCUT2D eigenvalue weighted by Crippen LogP contribution is 2.32. The number of benzene rings is 1. The molecule has 1 unspecified atom stereocenters. The van der Waals surface area contributed by atoms with E-state index >= 15 is 0 Å². The predicted molar refractivity (Wildman–Crippen MR) is 92.1 cm³/mol. The van der Waals surface area contributed by atoms with Gasteiger partial charge in [-0.1, -0.05) is 12.1 Å². The summed E-state index contributed by atoms with van der Waals surface area (Å²) in [5, 5.41) is 25.8. The van der Waals surface area contributed by atoms with E-state index in [1.54, 1.807) is 12.1 Å². The second-order valence-electron chi connectivity index (χ2n) is 6.59. The number of hydrogen-bond donors (Lipinski definition) is 4. The lowest BCUT2D eigenvalue weighted by Gasteiger charge is -2.33. The molecule has 7 nitrogen and oxygen atoms in total. The number of aromatic nitrogens is 2. The summed E-state index contributed by atoms with van der Waals surface area (Å²) in [7, 11) is 0. The van der Waals surface area contributed by atoms with Crippen LogP contribution in [0.5, 0.6) is 11.6 Å². The molecule has 0 bridgehead atoms. The first kappa shape index (κ1) is 18.1. The van der Waals surface area contributed by atoms with Crippen molar-refractivity contribution in [1.29, 1.82) is 0 Å². The first-order valence-corrected chi connectivity index (χ1v) is 8.47. The van der Waals surface area contributed by atoms with Crippen LogP contribution in [0, 0.1) is 5.82 Å². The molecule has 1 saturated heterocycles. The molecule has 1 aromatic carbocycles. The molecule has 1 amide bonds. The number of nitrogens with one attached hydrogen (secondary N) is 2. The third-order valence-corrected chi connectivity index (χ3v) is 4.56. The number of carbonyl (C=O) groups excluding carboxylic acids is 1. The highest BCUT2D eigenvalue weighted by Gasteiger charge is 2.33. The van der Waals surface area contributed by atoms with Gasteiger partial charge in [0.15, 0.2) is 11.5 Å². The molecule has 2 heterocycles. The summed E-state index contributed by atoms with van der Waals surface area (Å²) >= 11 is 0. The summed E-state index contributed by atoms with van der Waals surface area (Å²) in [6.07, 6.45) is 2.76. The molecule has 8 heteroatoms. The van der Waals surface area contributed by atoms with Crippen molar-refractivity contribution < 1.29 is 19.4 Å². The summed E-state index contributed by atoms with van der Waals surface area (Å²) in [6, 6.07) is 5.68. The van der Waals surface area contributed by atoms with Gasteiger partial charge in [0.2, 0.25) is 5.75 Å². The number of carbonyl (C=O) groups is 1. The van der Waals surface area contributed by atoms with Crippen LogP contribution < -0.4 is 10.6 Å². The number of rotatable bonds is 4. The molecule has 26 heavy (non-hydrogen) atoms. The van der Waals surface area contributed by atoms with Gasteiger partial charge in [-0.05, 0) is 50.4 Å². The minimum atomic E-state index is -0.662. The zero-order chi connectivity index (χ0) is 18.7. The van der Waals surface area contributed by atoms with Crippen molar-refractivity contribution in [2.24, 2.45) is 0 Å². The molecule has 2 aromatic rings. The second-order valence-corrected chi connectivity index (χ2v) is 6.59. The van der Waals surface area contributed by atoms with Crippen LogP contribution in [0.4, 0.5) is 4.39 Å². The van der Waals surface area contributed by atoms with Gasteiger partial charge in [0.05, 0.1) is 5.54 Å². The van der Waals surface area contributed by atoms with Crippen LogP contribution in [-0.4, -0.2) is 32.6 Å². The number of amides is 1. The van der Waals surface area contributed by atoms with Gasteiger partial charge in [-0.15, -0.1) is 0 Å². The van der Waals surface area contributed by atoms with Crippen molar-refractivity contribution in [2.75, 3.05) is 6.54 Å². The standard InChI is InChI=1S/C18H21FN4O3/c1-18(8-2-3-9-21-18)17-22-13(14(24)16(26)23-17)15(25)20-10-11-4-6-12(19)7-5-11/h4-7,21,24H,2-3,8-10H2,1H3,(H,20,25)(H,22,23,26). The van der Waals surface area contributed by atoms with Gasteiger partial charge in [-0.2, -0.15) is 4.98 Å². The fourth-order valence-electron chi connectivity index (χ4n) is 2.96. The lowest BCUT2D eigenvalue weighted by Crippen LogP contribution is -2.45. The van der Waals surface area contributed by atoms with Crippen molar-refractivity contribution in [3.05, 3.63) is 47.2 Å². The molecule has 1 aliphatic heterocycles. The van der Waals surface area contributed by atoms with Crippen molar-refractivity contribution in [2.45, 2.75) is 38.3 Å². The van der Waals surface area contributed by atoms with Crippen LogP contribution in [0.2, 0.25) is 0 Å². The molecule has 1 aliphatic rings. The van der Waals surface area contributed by atoms with Gasteiger partial charge < -0.3 is 20.8 Å². The van der Waals surface area contributed by atoms with Crippen molar-refractivity contribution >= 4 is 5.91 Å². The Balaban J connectivity index is 1.81. The van der Waals surface area contributed by atoms with E-state index in [0.29, 0.717) is 5.56 Å². The molecule has 0 spiro atoms. The van der Waals surface area contributed by atoms with E-state index in [0.717, 1.165) is 25.8 Å². The Labute approximate surface area is 150 Å². The van der Waals surface area contributed by atoms with Gasteiger partial charge in [0, 0.05) is 6.54 Å². The van der Waals surface area contributed by atoms with Gasteiger partial charge in [-0.25, -0.2) is 9.37 Å². The summed E-state index contributed by atoms with van der Waals surface area (Å²) in [5.41, 5.74) is -0.169. The molecule has 1 atom stereocenters. The van der Waals surface area contributed by atoms with E-state index in [4.69, 9.17) is 0 Å². The third-order valence-electron chi connectivity index (χ3n) is 4.56. The average molecular weight is 360 g/mol. The van der Waals surface area contributed by atoms with Crippen LogP contribution in [0.25, 0.3) is 0 Å². The van der Waals surface area contributed by atoms with Gasteiger partial charge in [0.1, 0.15) is 5.82 Å². The maximum atomic E-state index is 12.9. The molecule has 1 aromatic heterocycles. The highest BCUT2D eigenvalue weighted by atomic mass is 19.1. The Kier molecular flexibility index (Phi) is 5.03. The molecule has 0 aliphatic carbocycles. The lowest BCUT2D eigenvalue weighted by atomic mass is 9.90. The van der Waals surface area contributed by atoms with Crippen LogP contribution >= 0.6 is 0 Å². The monoisotopic (exact) mass is 360 g/mol. The minimum absolute atomic E-state index is 0.133. The minimum Gasteiger partial charge on any atom is -0.501 e. The predicted octanol–water partition coefficient (Wildman–Crippen LogP) is 1.95. The van der Waals surface area contributed by atoms with E-state index in [-0.39, 0.29) is 23.9 Å². The van der Waals surface area contributed by atoms with Crippen molar-refractivity contribution in [1.82, 2.24) is 20.6 Å². The summed E-state index contributed by atoms with van der Waals surface area (Å²) in [4.78, 5) is 20.6. The smallest absolute Gasteiger partial charge is 0.274 e. The van der Waals surface area contributed by atoms with Crippen LogP contribution in [-0.2, 0) is 12.1 Å². The SMILES string of the molecule is CC1(c2nc(O)c(O)c(C(=O)NCc3ccc(F)cc3)n2)CCCCN1. The Hall–Kier alpha value is -2.74. The Morgan fingerprint density at radius 3 is 2.65 bits per heavy atom. The number of halogens is 1. The molecule has 1 fully saturated rings. The largest absolute Gasteiger partial charge is 0.501 e. The molecule has 0 saturated carbocycles. The molecule has 0 radical (unpaired) electrons. The van der Waals surface area contributed by atoms with Gasteiger partial charge >= 0.3 is 0 Å². The quantitative estimate of drug-likeness (QED) is 0.664. The summed E-state index contributed by atoms with van der Waals surface area (Å²) in [5.74, 6) is -2.04. The first-order valence-electron chi connectivity index (χ1n) is 8.47. The summed E-state index contributed by atoms with van der Waals surface area (Å²) in [6.45, 7) is 2.82. The fraction of sp³-hybridized carbons (Fsp3) is 0.389. The van der Waals surface area contributed by atoms with E-state index < -0.39 is 23.1 Å². The first-order chi connectivity index (χ1) is 12.4. The highest BCUT2D eigenvalue weighted by molar-refractivity contribution is 5.95. The Morgan fingerprint density at radius 2 is 2.00 bits per heavy atom. The molecule has 3 rings (SSSR count). The van der Waals surface area contributed by atoms with E-state index in [1.807, 2.05) is 6.92 Å². The number of hydrogen-bond acceptors (Lipinski definition) is 6. The number of piperidine rings is 1. The van der Waals surface area contributed by atoms with E-state index in [2.05, 4.69) is 20.6 Å². The zero-order valence-electron chi connectivity index (χ0n) is 14.4. The average Bonchev–Trinajstić information content (AvgIpc) is 2.63. The van der Waals surface area contributed by atoms with Gasteiger partial charge in [0.25, 0.3) is 11.8 Å². The maximum Gasteiger partial charge on any atom is 0.274 e. The fourth-order valence-corrected chi connectivity index (χ4v) is 2.96. The molecular formula is C18H21FN4O3. The molecule has 138 valence electrons. The lowest BCUT2D eigenvalue weighted by molar-refractivity contribution is 0.0940.